The Morgan fingerprint density at radius 3 is 2.79 bits per heavy atom. The predicted octanol–water partition coefficient (Wildman–Crippen LogP) is 4.19. The fourth-order valence-corrected chi connectivity index (χ4v) is 4.63. The second-order valence-electron chi connectivity index (χ2n) is 7.94. The molecule has 0 aliphatic carbocycles. The quantitative estimate of drug-likeness (QED) is 0.446. The summed E-state index contributed by atoms with van der Waals surface area (Å²) in [5.74, 6) is 0.451. The second-order valence-corrected chi connectivity index (χ2v) is 8.80. The zero-order valence-corrected chi connectivity index (χ0v) is 19.6. The van der Waals surface area contributed by atoms with Crippen LogP contribution in [-0.4, -0.2) is 31.8 Å². The highest BCUT2D eigenvalue weighted by atomic mass is 32.1. The molecule has 10 heteroatoms. The van der Waals surface area contributed by atoms with Crippen molar-refractivity contribution < 1.29 is 14.0 Å². The van der Waals surface area contributed by atoms with Gasteiger partial charge in [0.15, 0.2) is 11.0 Å². The number of fused-ring (bicyclic) bond motifs is 1. The summed E-state index contributed by atoms with van der Waals surface area (Å²) in [4.78, 5) is 43.9. The first-order valence-corrected chi connectivity index (χ1v) is 11.8. The van der Waals surface area contributed by atoms with E-state index in [1.807, 2.05) is 24.4 Å². The fourth-order valence-electron chi connectivity index (χ4n) is 3.92. The number of hydrogen-bond acceptors (Lipinski definition) is 8. The van der Waals surface area contributed by atoms with Gasteiger partial charge < -0.3 is 9.32 Å². The summed E-state index contributed by atoms with van der Waals surface area (Å²) >= 11 is 1.34. The maximum Gasteiger partial charge on any atom is 0.295 e. The van der Waals surface area contributed by atoms with Crippen molar-refractivity contribution in [2.24, 2.45) is 0 Å². The molecule has 0 bridgehead atoms. The lowest BCUT2D eigenvalue weighted by atomic mass is 9.97. The molecular formula is C24H22N6O3S. The van der Waals surface area contributed by atoms with E-state index in [1.165, 1.54) is 17.7 Å². The molecule has 0 fully saturated rings. The van der Waals surface area contributed by atoms with Crippen LogP contribution in [0, 0.1) is 6.92 Å². The Balaban J connectivity index is 1.35. The molecule has 0 saturated carbocycles. The first-order valence-electron chi connectivity index (χ1n) is 10.9. The van der Waals surface area contributed by atoms with E-state index in [0.29, 0.717) is 42.5 Å². The predicted molar refractivity (Wildman–Crippen MR) is 128 cm³/mol. The Bertz CT molecular complexity index is 1360. The molecule has 2 amide bonds. The molecule has 0 saturated heterocycles. The molecule has 3 aromatic heterocycles. The number of nitrogens with one attached hydrogen (secondary N) is 1. The average molecular weight is 475 g/mol. The van der Waals surface area contributed by atoms with Crippen LogP contribution in [0.25, 0.3) is 11.3 Å². The number of nitrogens with zero attached hydrogens (tertiary/aromatic N) is 5. The van der Waals surface area contributed by atoms with Gasteiger partial charge in [-0.25, -0.2) is 19.9 Å². The summed E-state index contributed by atoms with van der Waals surface area (Å²) in [6.07, 6.45) is 6.65. The number of rotatable bonds is 6. The van der Waals surface area contributed by atoms with E-state index in [2.05, 4.69) is 31.3 Å². The van der Waals surface area contributed by atoms with Gasteiger partial charge in [0.1, 0.15) is 6.33 Å². The lowest BCUT2D eigenvalue weighted by molar-refractivity contribution is -0.119. The van der Waals surface area contributed by atoms with Gasteiger partial charge in [-0.3, -0.25) is 14.9 Å². The first kappa shape index (κ1) is 21.9. The number of anilines is 2. The molecule has 0 unspecified atom stereocenters. The largest absolute Gasteiger partial charge is 0.435 e. The highest BCUT2D eigenvalue weighted by Crippen LogP contribution is 2.34. The number of amides is 2. The minimum atomic E-state index is -0.366. The van der Waals surface area contributed by atoms with Crippen LogP contribution in [0.3, 0.4) is 0 Å². The van der Waals surface area contributed by atoms with E-state index in [9.17, 15) is 9.59 Å². The van der Waals surface area contributed by atoms with E-state index in [-0.39, 0.29) is 17.6 Å². The summed E-state index contributed by atoms with van der Waals surface area (Å²) in [5.41, 5.74) is 5.09. The molecule has 1 N–H and O–H groups in total. The van der Waals surface area contributed by atoms with Crippen molar-refractivity contribution in [1.29, 1.82) is 0 Å². The molecular weight excluding hydrogens is 452 g/mol. The summed E-state index contributed by atoms with van der Waals surface area (Å²) < 4.78 is 5.53. The lowest BCUT2D eigenvalue weighted by Crippen LogP contribution is -2.34. The van der Waals surface area contributed by atoms with Crippen LogP contribution in [0.2, 0.25) is 0 Å². The van der Waals surface area contributed by atoms with Crippen LogP contribution in [0.15, 0.2) is 46.7 Å². The number of thiazole rings is 1. The van der Waals surface area contributed by atoms with Crippen molar-refractivity contribution in [3.63, 3.8) is 0 Å². The van der Waals surface area contributed by atoms with Gasteiger partial charge in [-0.1, -0.05) is 13.0 Å². The van der Waals surface area contributed by atoms with E-state index >= 15 is 0 Å². The van der Waals surface area contributed by atoms with E-state index in [1.54, 1.807) is 24.2 Å². The number of carbonyl (C=O) groups is 2. The molecule has 0 atom stereocenters. The fraction of sp³-hybridized carbons (Fsp3) is 0.250. The molecule has 172 valence electrons. The number of benzene rings is 1. The Labute approximate surface area is 199 Å². The van der Waals surface area contributed by atoms with Crippen LogP contribution < -0.4 is 10.2 Å². The van der Waals surface area contributed by atoms with Gasteiger partial charge >= 0.3 is 0 Å². The molecule has 4 aromatic rings. The molecule has 0 radical (unpaired) electrons. The summed E-state index contributed by atoms with van der Waals surface area (Å²) in [6.45, 7) is 4.10. The Morgan fingerprint density at radius 2 is 2.03 bits per heavy atom. The topological polar surface area (TPSA) is 114 Å². The normalized spacial score (nSPS) is 13.1. The summed E-state index contributed by atoms with van der Waals surface area (Å²) in [7, 11) is 0. The highest BCUT2D eigenvalue weighted by Gasteiger charge is 2.25. The van der Waals surface area contributed by atoms with Gasteiger partial charge in [-0.15, -0.1) is 11.3 Å². The number of carbonyl (C=O) groups excluding carboxylic acids is 2. The number of aromatic nitrogens is 4. The third kappa shape index (κ3) is 4.32. The van der Waals surface area contributed by atoms with Crippen LogP contribution >= 0.6 is 11.3 Å². The van der Waals surface area contributed by atoms with Gasteiger partial charge in [-0.05, 0) is 31.0 Å². The molecule has 1 aliphatic heterocycles. The standard InChI is InChI=1S/C24H22N6O3S/c1-3-20-27-14(2)22(33-20)23(32)29-24-28-18(12-34-24)16-4-6-19-17(8-16)5-7-21(31)30(19)11-15-9-25-13-26-10-15/h4,6,8-10,12-13H,3,5,7,11H2,1-2H3,(H,28,29,32). The van der Waals surface area contributed by atoms with Gasteiger partial charge in [0.25, 0.3) is 5.91 Å². The van der Waals surface area contributed by atoms with Crippen molar-refractivity contribution in [3.05, 3.63) is 70.8 Å². The minimum Gasteiger partial charge on any atom is -0.435 e. The van der Waals surface area contributed by atoms with Crippen molar-refractivity contribution in [3.8, 4) is 11.3 Å². The van der Waals surface area contributed by atoms with Crippen molar-refractivity contribution in [2.75, 3.05) is 10.2 Å². The van der Waals surface area contributed by atoms with Crippen LogP contribution in [0.5, 0.6) is 0 Å². The Kier molecular flexibility index (Phi) is 5.89. The molecule has 5 rings (SSSR count). The van der Waals surface area contributed by atoms with Crippen molar-refractivity contribution in [2.45, 2.75) is 39.7 Å². The van der Waals surface area contributed by atoms with Gasteiger partial charge in [0.05, 0.1) is 17.9 Å². The smallest absolute Gasteiger partial charge is 0.295 e. The zero-order chi connectivity index (χ0) is 23.7. The van der Waals surface area contributed by atoms with Gasteiger partial charge in [-0.2, -0.15) is 0 Å². The Hall–Kier alpha value is -3.92. The number of hydrogen-bond donors (Lipinski definition) is 1. The first-order chi connectivity index (χ1) is 16.5. The van der Waals surface area contributed by atoms with Gasteiger partial charge in [0, 0.05) is 47.4 Å². The van der Waals surface area contributed by atoms with Crippen molar-refractivity contribution >= 4 is 34.0 Å². The maximum atomic E-state index is 12.6. The maximum absolute atomic E-state index is 12.6. The molecule has 9 nitrogen and oxygen atoms in total. The lowest BCUT2D eigenvalue weighted by Gasteiger charge is -2.29. The van der Waals surface area contributed by atoms with Crippen LogP contribution in [0.1, 0.15) is 46.6 Å². The molecule has 4 heterocycles. The summed E-state index contributed by atoms with van der Waals surface area (Å²) in [6, 6.07) is 5.96. The third-order valence-electron chi connectivity index (χ3n) is 5.60. The highest BCUT2D eigenvalue weighted by molar-refractivity contribution is 7.14. The third-order valence-corrected chi connectivity index (χ3v) is 6.36. The monoisotopic (exact) mass is 474 g/mol. The molecule has 1 aliphatic rings. The second kappa shape index (κ2) is 9.14. The number of oxazole rings is 1. The van der Waals surface area contributed by atoms with E-state index in [0.717, 1.165) is 28.1 Å². The number of aryl methyl sites for hydroxylation is 3. The van der Waals surface area contributed by atoms with Gasteiger partial charge in [0.2, 0.25) is 11.7 Å². The van der Waals surface area contributed by atoms with Crippen molar-refractivity contribution in [1.82, 2.24) is 19.9 Å². The molecule has 1 aromatic carbocycles. The van der Waals surface area contributed by atoms with Crippen LogP contribution in [0.4, 0.5) is 10.8 Å². The van der Waals surface area contributed by atoms with E-state index < -0.39 is 0 Å². The van der Waals surface area contributed by atoms with Crippen LogP contribution in [-0.2, 0) is 24.2 Å². The van der Waals surface area contributed by atoms with E-state index in [4.69, 9.17) is 4.42 Å². The summed E-state index contributed by atoms with van der Waals surface area (Å²) in [5, 5.41) is 5.18. The zero-order valence-electron chi connectivity index (χ0n) is 18.7. The SMILES string of the molecule is CCc1nc(C)c(C(=O)Nc2nc(-c3ccc4c(c3)CCC(=O)N4Cc3cncnc3)cs2)o1. The average Bonchev–Trinajstić information content (AvgIpc) is 3.47. The Morgan fingerprint density at radius 1 is 1.21 bits per heavy atom. The molecule has 34 heavy (non-hydrogen) atoms. The molecule has 0 spiro atoms. The minimum absolute atomic E-state index is 0.0803.